The predicted molar refractivity (Wildman–Crippen MR) is 137 cm³/mol. The van der Waals surface area contributed by atoms with Crippen LogP contribution in [0.5, 0.6) is 17.2 Å². The van der Waals surface area contributed by atoms with E-state index in [1.807, 2.05) is 0 Å². The summed E-state index contributed by atoms with van der Waals surface area (Å²) < 4.78 is 23.4. The summed E-state index contributed by atoms with van der Waals surface area (Å²) >= 11 is 6.79. The van der Waals surface area contributed by atoms with Crippen molar-refractivity contribution in [2.75, 3.05) is 13.7 Å². The van der Waals surface area contributed by atoms with Gasteiger partial charge in [0.05, 0.1) is 29.6 Å². The molecule has 0 aliphatic rings. The third kappa shape index (κ3) is 6.42. The average Bonchev–Trinajstić information content (AvgIpc) is 2.76. The van der Waals surface area contributed by atoms with Gasteiger partial charge in [0, 0.05) is 7.05 Å². The number of carbonyl (C=O) groups is 2. The lowest BCUT2D eigenvalue weighted by molar-refractivity contribution is -0.149. The Morgan fingerprint density at radius 1 is 1.18 bits per heavy atom. The molecular formula is C23H28Br2NO7P. The minimum Gasteiger partial charge on any atom is -0.507 e. The number of nitrogens with zero attached hydrogens (tertiary/aromatic N) is 1. The molecule has 2 N–H and O–H groups in total. The maximum Gasteiger partial charge on any atom is 0.329 e. The van der Waals surface area contributed by atoms with Crippen LogP contribution < -0.4 is 4.74 Å². The summed E-state index contributed by atoms with van der Waals surface area (Å²) in [6, 6.07) is 6.55. The van der Waals surface area contributed by atoms with Gasteiger partial charge in [0.1, 0.15) is 22.9 Å². The molecule has 186 valence electrons. The highest BCUT2D eigenvalue weighted by molar-refractivity contribution is 9.11. The number of hydrogen-bond donors (Lipinski definition) is 2. The van der Waals surface area contributed by atoms with Crippen molar-refractivity contribution >= 4 is 52.2 Å². The van der Waals surface area contributed by atoms with Crippen LogP contribution in [0.25, 0.3) is 0 Å². The summed E-state index contributed by atoms with van der Waals surface area (Å²) in [6.45, 7) is 6.94. The molecule has 0 bridgehead atoms. The van der Waals surface area contributed by atoms with Crippen LogP contribution in [0.2, 0.25) is 0 Å². The van der Waals surface area contributed by atoms with Crippen molar-refractivity contribution in [3.05, 3.63) is 50.4 Å². The predicted octanol–water partition coefficient (Wildman–Crippen LogP) is 5.29. The summed E-state index contributed by atoms with van der Waals surface area (Å²) in [7, 11) is 0.000479. The van der Waals surface area contributed by atoms with Gasteiger partial charge in [0.25, 0.3) is 5.91 Å². The molecule has 2 rings (SSSR count). The molecule has 8 nitrogen and oxygen atoms in total. The lowest BCUT2D eigenvalue weighted by atomic mass is 10.0. The molecule has 34 heavy (non-hydrogen) atoms. The fourth-order valence-corrected chi connectivity index (χ4v) is 4.96. The van der Waals surface area contributed by atoms with Crippen molar-refractivity contribution in [1.29, 1.82) is 0 Å². The first kappa shape index (κ1) is 28.4. The van der Waals surface area contributed by atoms with Crippen LogP contribution in [0.3, 0.4) is 0 Å². The number of carbonyl (C=O) groups excluding carboxylic acids is 2. The molecule has 0 radical (unpaired) electrons. The van der Waals surface area contributed by atoms with Gasteiger partial charge in [-0.15, -0.1) is 0 Å². The highest BCUT2D eigenvalue weighted by atomic mass is 79.9. The van der Waals surface area contributed by atoms with E-state index in [0.717, 1.165) is 0 Å². The number of aromatic hydroxyl groups is 1. The van der Waals surface area contributed by atoms with Crippen LogP contribution in [-0.4, -0.2) is 46.7 Å². The first-order valence-electron chi connectivity index (χ1n) is 10.5. The van der Waals surface area contributed by atoms with Crippen molar-refractivity contribution in [1.82, 2.24) is 4.90 Å². The van der Waals surface area contributed by atoms with Gasteiger partial charge in [0.15, 0.2) is 5.75 Å². The second-order valence-electron chi connectivity index (χ2n) is 8.17. The smallest absolute Gasteiger partial charge is 0.329 e. The van der Waals surface area contributed by atoms with Gasteiger partial charge in [-0.25, -0.2) is 4.79 Å². The Balaban J connectivity index is 2.40. The second kappa shape index (κ2) is 11.7. The van der Waals surface area contributed by atoms with Crippen molar-refractivity contribution in [2.24, 2.45) is 5.92 Å². The number of amides is 1. The Bertz CT molecular complexity index is 1070. The molecule has 3 unspecified atom stereocenters. The number of likely N-dealkylation sites (N-methyl/N-ethyl adjacent to an activating group) is 1. The summed E-state index contributed by atoms with van der Waals surface area (Å²) in [6.07, 6.45) is 0. The maximum atomic E-state index is 13.2. The van der Waals surface area contributed by atoms with E-state index in [1.165, 1.54) is 37.1 Å². The molecule has 0 spiro atoms. The van der Waals surface area contributed by atoms with Gasteiger partial charge < -0.3 is 29.2 Å². The Labute approximate surface area is 216 Å². The van der Waals surface area contributed by atoms with Crippen molar-refractivity contribution < 1.29 is 33.8 Å². The Hall–Kier alpha value is -1.87. The number of halogens is 2. The molecule has 2 aromatic rings. The maximum absolute atomic E-state index is 13.2. The lowest BCUT2D eigenvalue weighted by Crippen LogP contribution is -2.46. The average molecular weight is 621 g/mol. The Morgan fingerprint density at radius 3 is 2.26 bits per heavy atom. The van der Waals surface area contributed by atoms with Gasteiger partial charge in [0.2, 0.25) is 0 Å². The largest absolute Gasteiger partial charge is 0.507 e. The quantitative estimate of drug-likeness (QED) is 0.289. The van der Waals surface area contributed by atoms with E-state index in [9.17, 15) is 24.4 Å². The number of benzene rings is 2. The van der Waals surface area contributed by atoms with Gasteiger partial charge in [-0.3, -0.25) is 4.79 Å². The molecule has 0 heterocycles. The molecule has 1 amide bonds. The monoisotopic (exact) mass is 619 g/mol. The molecule has 0 saturated carbocycles. The zero-order chi connectivity index (χ0) is 25.8. The lowest BCUT2D eigenvalue weighted by Gasteiger charge is -2.29. The van der Waals surface area contributed by atoms with Crippen molar-refractivity contribution in [2.45, 2.75) is 39.1 Å². The summed E-state index contributed by atoms with van der Waals surface area (Å²) in [5, 5.41) is 19.2. The number of ether oxygens (including phenoxy) is 2. The van der Waals surface area contributed by atoms with Crippen LogP contribution >= 0.6 is 40.3 Å². The van der Waals surface area contributed by atoms with E-state index in [0.29, 0.717) is 20.3 Å². The zero-order valence-electron chi connectivity index (χ0n) is 19.5. The minimum absolute atomic E-state index is 0.0447. The van der Waals surface area contributed by atoms with Crippen LogP contribution in [-0.2, 0) is 19.4 Å². The topological polar surface area (TPSA) is 113 Å². The van der Waals surface area contributed by atoms with Crippen LogP contribution in [0.4, 0.5) is 0 Å². The molecule has 0 aliphatic carbocycles. The van der Waals surface area contributed by atoms with E-state index >= 15 is 0 Å². The third-order valence-electron chi connectivity index (χ3n) is 5.13. The fraction of sp³-hybridized carbons (Fsp3) is 0.391. The molecule has 0 saturated heterocycles. The van der Waals surface area contributed by atoms with Crippen molar-refractivity contribution in [3.8, 4) is 17.2 Å². The third-order valence-corrected chi connectivity index (χ3v) is 7.10. The van der Waals surface area contributed by atoms with Gasteiger partial charge >= 0.3 is 5.97 Å². The standard InChI is InChI=1S/C23H28Br2NO7P/c1-6-32-22(29)19(12(2)3)26(5)21(28)15-11-14(7-8-18(15)27)33-20-16(24)9-13(10-17(20)25)23(4,30)34-31/h7-12,19,27,30H,6,34H2,1-5H3. The highest BCUT2D eigenvalue weighted by Crippen LogP contribution is 2.43. The second-order valence-corrected chi connectivity index (χ2v) is 11.2. The molecule has 0 aliphatic heterocycles. The molecular weight excluding hydrogens is 593 g/mol. The SMILES string of the molecule is CCOC(=O)C(C(C)C)N(C)C(=O)c1cc(Oc2c(Br)cc(C(C)(O)[PH2]=O)cc2Br)ccc1O. The van der Waals surface area contributed by atoms with Gasteiger partial charge in [-0.2, -0.15) is 0 Å². The first-order valence-corrected chi connectivity index (χ1v) is 13.1. The van der Waals surface area contributed by atoms with Crippen molar-refractivity contribution in [3.63, 3.8) is 0 Å². The Morgan fingerprint density at radius 2 is 1.76 bits per heavy atom. The number of hydrogen-bond acceptors (Lipinski definition) is 7. The number of phenolic OH excluding ortho intramolecular Hbond substituents is 1. The van der Waals surface area contributed by atoms with Gasteiger partial charge in [-0.1, -0.05) is 13.8 Å². The molecule has 0 fully saturated rings. The first-order chi connectivity index (χ1) is 15.8. The normalized spacial score (nSPS) is 14.1. The minimum atomic E-state index is -1.48. The molecule has 11 heteroatoms. The highest BCUT2D eigenvalue weighted by Gasteiger charge is 2.32. The van der Waals surface area contributed by atoms with E-state index in [1.54, 1.807) is 32.9 Å². The van der Waals surface area contributed by atoms with E-state index < -0.39 is 31.7 Å². The van der Waals surface area contributed by atoms with E-state index in [4.69, 9.17) is 9.47 Å². The summed E-state index contributed by atoms with van der Waals surface area (Å²) in [4.78, 5) is 26.8. The molecule has 3 atom stereocenters. The van der Waals surface area contributed by atoms with Crippen LogP contribution in [0.1, 0.15) is 43.6 Å². The fourth-order valence-electron chi connectivity index (χ4n) is 3.31. The van der Waals surface area contributed by atoms with Gasteiger partial charge in [-0.05, 0) is 87.5 Å². The number of aliphatic hydroxyl groups is 1. The Kier molecular flexibility index (Phi) is 9.77. The summed E-state index contributed by atoms with van der Waals surface area (Å²) in [5.41, 5.74) is 0.391. The molecule has 0 aromatic heterocycles. The van der Waals surface area contributed by atoms with Crippen LogP contribution in [0.15, 0.2) is 39.3 Å². The zero-order valence-corrected chi connectivity index (χ0v) is 23.8. The molecule has 2 aromatic carbocycles. The van der Waals surface area contributed by atoms with E-state index in [-0.39, 0.29) is 29.6 Å². The van der Waals surface area contributed by atoms with Crippen LogP contribution in [0, 0.1) is 5.92 Å². The number of phenols is 1. The van der Waals surface area contributed by atoms with E-state index in [2.05, 4.69) is 31.9 Å². The number of rotatable bonds is 9. The summed E-state index contributed by atoms with van der Waals surface area (Å²) in [5.74, 6) is -0.972. The number of esters is 1.